The standard InChI is InChI=1S/C24H28N4O3/c1-15-23(16(2)31-27-15)28(3)19-8-9-20-17(12-19)6-5-7-18(20)13-26-22-14-25-11-10-21(22)24(29)30-4/h8-12,14,18,26H,5-7,13H2,1-4H3/t18-/m0/s1. The van der Waals surface area contributed by atoms with Gasteiger partial charge in [0.15, 0.2) is 5.76 Å². The second-order valence-electron chi connectivity index (χ2n) is 8.00. The number of hydrogen-bond donors (Lipinski definition) is 1. The van der Waals surface area contributed by atoms with Crippen LogP contribution in [0.1, 0.15) is 51.7 Å². The highest BCUT2D eigenvalue weighted by molar-refractivity contribution is 5.95. The van der Waals surface area contributed by atoms with Crippen molar-refractivity contribution < 1.29 is 14.1 Å². The summed E-state index contributed by atoms with van der Waals surface area (Å²) in [5, 5.41) is 7.50. The van der Waals surface area contributed by atoms with Gasteiger partial charge in [0.1, 0.15) is 11.4 Å². The number of anilines is 3. The molecule has 1 aromatic carbocycles. The quantitative estimate of drug-likeness (QED) is 0.575. The molecule has 1 atom stereocenters. The number of esters is 1. The number of aryl methyl sites for hydroxylation is 3. The van der Waals surface area contributed by atoms with E-state index in [0.29, 0.717) is 17.2 Å². The van der Waals surface area contributed by atoms with Gasteiger partial charge in [0.2, 0.25) is 0 Å². The van der Waals surface area contributed by atoms with Gasteiger partial charge < -0.3 is 19.5 Å². The molecule has 2 heterocycles. The third kappa shape index (κ3) is 4.13. The van der Waals surface area contributed by atoms with Crippen LogP contribution in [0.4, 0.5) is 17.1 Å². The Morgan fingerprint density at radius 2 is 2.16 bits per heavy atom. The number of carbonyl (C=O) groups excluding carboxylic acids is 1. The maximum Gasteiger partial charge on any atom is 0.340 e. The fourth-order valence-electron chi connectivity index (χ4n) is 4.46. The van der Waals surface area contributed by atoms with E-state index in [-0.39, 0.29) is 5.97 Å². The molecule has 0 fully saturated rings. The number of ether oxygens (including phenoxy) is 1. The summed E-state index contributed by atoms with van der Waals surface area (Å²) in [6.45, 7) is 4.64. The molecule has 0 bridgehead atoms. The Kier molecular flexibility index (Phi) is 5.93. The summed E-state index contributed by atoms with van der Waals surface area (Å²) in [4.78, 5) is 18.3. The van der Waals surface area contributed by atoms with E-state index in [0.717, 1.165) is 48.6 Å². The number of hydrogen-bond acceptors (Lipinski definition) is 7. The molecule has 0 aliphatic heterocycles. The minimum atomic E-state index is -0.360. The third-order valence-electron chi connectivity index (χ3n) is 6.05. The van der Waals surface area contributed by atoms with Crippen LogP contribution in [-0.4, -0.2) is 36.8 Å². The molecule has 0 radical (unpaired) electrons. The summed E-state index contributed by atoms with van der Waals surface area (Å²) in [5.41, 5.74) is 6.97. The average Bonchev–Trinajstić information content (AvgIpc) is 3.14. The number of carbonyl (C=O) groups is 1. The van der Waals surface area contributed by atoms with E-state index < -0.39 is 0 Å². The average molecular weight is 421 g/mol. The molecule has 0 saturated heterocycles. The fraction of sp³-hybridized carbons (Fsp3) is 0.375. The first-order valence-corrected chi connectivity index (χ1v) is 10.5. The molecule has 1 aliphatic carbocycles. The highest BCUT2D eigenvalue weighted by atomic mass is 16.5. The van der Waals surface area contributed by atoms with Crippen molar-refractivity contribution in [2.24, 2.45) is 0 Å². The first kappa shape index (κ1) is 20.9. The number of rotatable bonds is 6. The van der Waals surface area contributed by atoms with Crippen LogP contribution in [-0.2, 0) is 11.2 Å². The van der Waals surface area contributed by atoms with E-state index in [4.69, 9.17) is 9.26 Å². The Balaban J connectivity index is 1.54. The van der Waals surface area contributed by atoms with Crippen LogP contribution in [0.2, 0.25) is 0 Å². The van der Waals surface area contributed by atoms with Gasteiger partial charge >= 0.3 is 5.97 Å². The van der Waals surface area contributed by atoms with E-state index in [1.54, 1.807) is 18.5 Å². The molecule has 7 nitrogen and oxygen atoms in total. The fourth-order valence-corrected chi connectivity index (χ4v) is 4.46. The van der Waals surface area contributed by atoms with Gasteiger partial charge in [-0.2, -0.15) is 0 Å². The number of nitrogens with zero attached hydrogens (tertiary/aromatic N) is 3. The summed E-state index contributed by atoms with van der Waals surface area (Å²) in [5.74, 6) is 0.825. The Bertz CT molecular complexity index is 1070. The molecule has 0 amide bonds. The number of benzene rings is 1. The Morgan fingerprint density at radius 1 is 1.32 bits per heavy atom. The molecule has 31 heavy (non-hydrogen) atoms. The predicted molar refractivity (Wildman–Crippen MR) is 120 cm³/mol. The topological polar surface area (TPSA) is 80.5 Å². The van der Waals surface area contributed by atoms with Crippen LogP contribution in [0.5, 0.6) is 0 Å². The van der Waals surface area contributed by atoms with Crippen LogP contribution in [0, 0.1) is 13.8 Å². The zero-order valence-corrected chi connectivity index (χ0v) is 18.4. The molecule has 3 aromatic rings. The Labute approximate surface area is 182 Å². The number of pyridine rings is 1. The number of nitrogens with one attached hydrogen (secondary N) is 1. The van der Waals surface area contributed by atoms with Crippen LogP contribution < -0.4 is 10.2 Å². The van der Waals surface area contributed by atoms with E-state index in [2.05, 4.69) is 38.6 Å². The zero-order chi connectivity index (χ0) is 22.0. The predicted octanol–water partition coefficient (Wildman–Crippen LogP) is 4.77. The normalized spacial score (nSPS) is 15.3. The van der Waals surface area contributed by atoms with Gasteiger partial charge in [-0.3, -0.25) is 4.98 Å². The van der Waals surface area contributed by atoms with Gasteiger partial charge in [0.05, 0.1) is 24.6 Å². The molecular formula is C24H28N4O3. The van der Waals surface area contributed by atoms with Crippen molar-refractivity contribution in [3.63, 3.8) is 0 Å². The maximum absolute atomic E-state index is 12.0. The van der Waals surface area contributed by atoms with Crippen molar-refractivity contribution in [2.75, 3.05) is 30.9 Å². The van der Waals surface area contributed by atoms with Crippen molar-refractivity contribution in [3.05, 3.63) is 64.8 Å². The van der Waals surface area contributed by atoms with Crippen molar-refractivity contribution in [1.29, 1.82) is 0 Å². The smallest absolute Gasteiger partial charge is 0.340 e. The first-order valence-electron chi connectivity index (χ1n) is 10.5. The molecule has 1 N–H and O–H groups in total. The van der Waals surface area contributed by atoms with E-state index >= 15 is 0 Å². The van der Waals surface area contributed by atoms with Gasteiger partial charge in [-0.1, -0.05) is 11.2 Å². The maximum atomic E-state index is 12.0. The minimum Gasteiger partial charge on any atom is -0.465 e. The summed E-state index contributed by atoms with van der Waals surface area (Å²) >= 11 is 0. The summed E-state index contributed by atoms with van der Waals surface area (Å²) in [7, 11) is 3.44. The summed E-state index contributed by atoms with van der Waals surface area (Å²) < 4.78 is 10.2. The van der Waals surface area contributed by atoms with Gasteiger partial charge in [-0.15, -0.1) is 0 Å². The number of fused-ring (bicyclic) bond motifs is 1. The highest BCUT2D eigenvalue weighted by Gasteiger charge is 2.23. The molecule has 7 heteroatoms. The molecular weight excluding hydrogens is 392 g/mol. The Morgan fingerprint density at radius 3 is 2.90 bits per heavy atom. The third-order valence-corrected chi connectivity index (χ3v) is 6.05. The highest BCUT2D eigenvalue weighted by Crippen LogP contribution is 2.37. The van der Waals surface area contributed by atoms with Crippen molar-refractivity contribution in [1.82, 2.24) is 10.1 Å². The van der Waals surface area contributed by atoms with Crippen LogP contribution >= 0.6 is 0 Å². The van der Waals surface area contributed by atoms with Crippen LogP contribution in [0.3, 0.4) is 0 Å². The zero-order valence-electron chi connectivity index (χ0n) is 18.4. The molecule has 4 rings (SSSR count). The van der Waals surface area contributed by atoms with E-state index in [1.807, 2.05) is 20.9 Å². The van der Waals surface area contributed by atoms with Gasteiger partial charge in [-0.05, 0) is 62.4 Å². The van der Waals surface area contributed by atoms with Gasteiger partial charge in [0, 0.05) is 31.4 Å². The lowest BCUT2D eigenvalue weighted by Gasteiger charge is -2.28. The first-order chi connectivity index (χ1) is 15.0. The number of methoxy groups -OCH3 is 1. The molecule has 162 valence electrons. The molecule has 2 aromatic heterocycles. The van der Waals surface area contributed by atoms with Crippen molar-refractivity contribution in [3.8, 4) is 0 Å². The number of aromatic nitrogens is 2. The lowest BCUT2D eigenvalue weighted by Crippen LogP contribution is -2.20. The van der Waals surface area contributed by atoms with Gasteiger partial charge in [-0.25, -0.2) is 4.79 Å². The summed E-state index contributed by atoms with van der Waals surface area (Å²) in [6.07, 6.45) is 6.58. The van der Waals surface area contributed by atoms with Crippen molar-refractivity contribution in [2.45, 2.75) is 39.0 Å². The second-order valence-corrected chi connectivity index (χ2v) is 8.00. The molecule has 0 spiro atoms. The van der Waals surface area contributed by atoms with Gasteiger partial charge in [0.25, 0.3) is 0 Å². The SMILES string of the molecule is COC(=O)c1ccncc1NC[C@@H]1CCCc2cc(N(C)c3c(C)noc3C)ccc21. The molecule has 1 aliphatic rings. The van der Waals surface area contributed by atoms with Crippen molar-refractivity contribution >= 4 is 23.0 Å². The van der Waals surface area contributed by atoms with Crippen LogP contribution in [0.15, 0.2) is 41.2 Å². The lowest BCUT2D eigenvalue weighted by atomic mass is 9.82. The second kappa shape index (κ2) is 8.79. The summed E-state index contributed by atoms with van der Waals surface area (Å²) in [6, 6.07) is 8.35. The molecule has 0 saturated carbocycles. The van der Waals surface area contributed by atoms with E-state index in [9.17, 15) is 4.79 Å². The minimum absolute atomic E-state index is 0.360. The molecule has 0 unspecified atom stereocenters. The van der Waals surface area contributed by atoms with Crippen LogP contribution in [0.25, 0.3) is 0 Å². The lowest BCUT2D eigenvalue weighted by molar-refractivity contribution is 0.0601. The largest absolute Gasteiger partial charge is 0.465 e. The van der Waals surface area contributed by atoms with E-state index in [1.165, 1.54) is 18.2 Å². The monoisotopic (exact) mass is 420 g/mol. The Hall–Kier alpha value is -3.35.